The van der Waals surface area contributed by atoms with Crippen molar-refractivity contribution in [2.75, 3.05) is 6.54 Å². The zero-order valence-electron chi connectivity index (χ0n) is 8.75. The predicted octanol–water partition coefficient (Wildman–Crippen LogP) is 0.946. The van der Waals surface area contributed by atoms with E-state index in [1.54, 1.807) is 11.7 Å². The van der Waals surface area contributed by atoms with E-state index in [1.807, 2.05) is 6.92 Å². The molecule has 0 aliphatic carbocycles. The summed E-state index contributed by atoms with van der Waals surface area (Å²) in [5, 5.41) is 16.2. The second kappa shape index (κ2) is 5.14. The summed E-state index contributed by atoms with van der Waals surface area (Å²) in [7, 11) is 1.77. The highest BCUT2D eigenvalue weighted by atomic mass is 35.5. The third-order valence-electron chi connectivity index (χ3n) is 2.09. The summed E-state index contributed by atoms with van der Waals surface area (Å²) in [4.78, 5) is 10.3. The van der Waals surface area contributed by atoms with Gasteiger partial charge in [0, 0.05) is 25.7 Å². The van der Waals surface area contributed by atoms with Crippen molar-refractivity contribution >= 4 is 17.6 Å². The van der Waals surface area contributed by atoms with E-state index in [9.17, 15) is 4.79 Å². The highest BCUT2D eigenvalue weighted by Gasteiger charge is 2.10. The Morgan fingerprint density at radius 2 is 2.33 bits per heavy atom. The lowest BCUT2D eigenvalue weighted by molar-refractivity contribution is -0.136. The number of nitrogens with one attached hydrogen (secondary N) is 1. The van der Waals surface area contributed by atoms with Gasteiger partial charge in [-0.25, -0.2) is 0 Å². The highest BCUT2D eigenvalue weighted by Crippen LogP contribution is 2.17. The largest absolute Gasteiger partial charge is 0.481 e. The Bertz CT molecular complexity index is 362. The number of halogens is 1. The third-order valence-corrected chi connectivity index (χ3v) is 2.56. The molecule has 1 rings (SSSR count). The van der Waals surface area contributed by atoms with E-state index in [4.69, 9.17) is 16.7 Å². The van der Waals surface area contributed by atoms with Gasteiger partial charge in [0.2, 0.25) is 0 Å². The van der Waals surface area contributed by atoms with Crippen LogP contribution in [-0.2, 0) is 18.4 Å². The van der Waals surface area contributed by atoms with Crippen LogP contribution in [0.1, 0.15) is 17.7 Å². The molecule has 0 amide bonds. The van der Waals surface area contributed by atoms with Crippen molar-refractivity contribution in [1.82, 2.24) is 15.1 Å². The number of hydrogen-bond acceptors (Lipinski definition) is 3. The molecule has 0 aliphatic heterocycles. The van der Waals surface area contributed by atoms with E-state index < -0.39 is 5.97 Å². The molecule has 84 valence electrons. The van der Waals surface area contributed by atoms with E-state index in [0.29, 0.717) is 18.2 Å². The van der Waals surface area contributed by atoms with E-state index in [2.05, 4.69) is 10.4 Å². The summed E-state index contributed by atoms with van der Waals surface area (Å²) in [6.45, 7) is 2.85. The number of aryl methyl sites for hydroxylation is 2. The van der Waals surface area contributed by atoms with Gasteiger partial charge in [-0.05, 0) is 6.92 Å². The maximum atomic E-state index is 10.3. The summed E-state index contributed by atoms with van der Waals surface area (Å²) in [5.74, 6) is -0.809. The van der Waals surface area contributed by atoms with Gasteiger partial charge >= 0.3 is 5.97 Å². The predicted molar refractivity (Wildman–Crippen MR) is 56.9 cm³/mol. The molecule has 0 bridgehead atoms. The summed E-state index contributed by atoms with van der Waals surface area (Å²) in [6.07, 6.45) is 0.108. The number of rotatable bonds is 5. The van der Waals surface area contributed by atoms with Gasteiger partial charge in [0.25, 0.3) is 0 Å². The molecule has 0 unspecified atom stereocenters. The Hall–Kier alpha value is -1.07. The molecule has 0 aromatic carbocycles. The molecule has 1 aromatic rings. The minimum atomic E-state index is -0.809. The lowest BCUT2D eigenvalue weighted by Crippen LogP contribution is -2.18. The maximum Gasteiger partial charge on any atom is 0.304 e. The third kappa shape index (κ3) is 3.21. The topological polar surface area (TPSA) is 67.2 Å². The second-order valence-electron chi connectivity index (χ2n) is 3.30. The molecular formula is C9H14ClN3O2. The van der Waals surface area contributed by atoms with Crippen LogP contribution >= 0.6 is 11.6 Å². The van der Waals surface area contributed by atoms with E-state index in [-0.39, 0.29) is 6.42 Å². The zero-order valence-corrected chi connectivity index (χ0v) is 9.51. The first-order valence-corrected chi connectivity index (χ1v) is 5.00. The van der Waals surface area contributed by atoms with Crippen LogP contribution < -0.4 is 5.32 Å². The number of carbonyl (C=O) groups is 1. The van der Waals surface area contributed by atoms with Crippen LogP contribution in [0.2, 0.25) is 5.15 Å². The maximum absolute atomic E-state index is 10.3. The van der Waals surface area contributed by atoms with E-state index in [0.717, 1.165) is 11.3 Å². The van der Waals surface area contributed by atoms with Gasteiger partial charge in [-0.3, -0.25) is 9.48 Å². The number of aliphatic carboxylic acids is 1. The number of nitrogens with zero attached hydrogens (tertiary/aromatic N) is 2. The molecule has 0 aliphatic rings. The Morgan fingerprint density at radius 1 is 1.67 bits per heavy atom. The minimum absolute atomic E-state index is 0.108. The van der Waals surface area contributed by atoms with Crippen LogP contribution in [0.4, 0.5) is 0 Å². The fraction of sp³-hybridized carbons (Fsp3) is 0.556. The Kier molecular flexibility index (Phi) is 4.11. The molecule has 15 heavy (non-hydrogen) atoms. The molecule has 0 fully saturated rings. The fourth-order valence-electron chi connectivity index (χ4n) is 1.28. The van der Waals surface area contributed by atoms with Crippen LogP contribution in [0.25, 0.3) is 0 Å². The monoisotopic (exact) mass is 231 g/mol. The molecule has 0 spiro atoms. The summed E-state index contributed by atoms with van der Waals surface area (Å²) < 4.78 is 1.60. The molecule has 0 atom stereocenters. The SMILES string of the molecule is Cc1nn(C)c(Cl)c1CNCCC(=O)O. The van der Waals surface area contributed by atoms with E-state index in [1.165, 1.54) is 0 Å². The first-order valence-electron chi connectivity index (χ1n) is 4.63. The van der Waals surface area contributed by atoms with Gasteiger partial charge in [-0.15, -0.1) is 0 Å². The quantitative estimate of drug-likeness (QED) is 0.741. The summed E-state index contributed by atoms with van der Waals surface area (Å²) in [5.41, 5.74) is 1.79. The van der Waals surface area contributed by atoms with Crippen molar-refractivity contribution in [1.29, 1.82) is 0 Å². The van der Waals surface area contributed by atoms with Gasteiger partial charge in [-0.1, -0.05) is 11.6 Å². The van der Waals surface area contributed by atoms with Crippen LogP contribution in [0, 0.1) is 6.92 Å². The van der Waals surface area contributed by atoms with Gasteiger partial charge in [0.05, 0.1) is 12.1 Å². The molecule has 6 heteroatoms. The normalized spacial score (nSPS) is 10.6. The van der Waals surface area contributed by atoms with Crippen LogP contribution in [-0.4, -0.2) is 27.4 Å². The molecular weight excluding hydrogens is 218 g/mol. The number of hydrogen-bond donors (Lipinski definition) is 2. The molecule has 0 saturated heterocycles. The van der Waals surface area contributed by atoms with Crippen molar-refractivity contribution in [2.45, 2.75) is 19.9 Å². The van der Waals surface area contributed by atoms with Crippen LogP contribution in [0.15, 0.2) is 0 Å². The van der Waals surface area contributed by atoms with Crippen molar-refractivity contribution in [2.24, 2.45) is 7.05 Å². The minimum Gasteiger partial charge on any atom is -0.481 e. The van der Waals surface area contributed by atoms with Crippen molar-refractivity contribution in [3.63, 3.8) is 0 Å². The number of carboxylic acids is 1. The zero-order chi connectivity index (χ0) is 11.4. The number of carboxylic acid groups (broad SMARTS) is 1. The van der Waals surface area contributed by atoms with Gasteiger partial charge < -0.3 is 10.4 Å². The van der Waals surface area contributed by atoms with Gasteiger partial charge in [0.1, 0.15) is 5.15 Å². The first kappa shape index (κ1) is 12.0. The average molecular weight is 232 g/mol. The van der Waals surface area contributed by atoms with Crippen molar-refractivity contribution in [3.05, 3.63) is 16.4 Å². The smallest absolute Gasteiger partial charge is 0.304 e. The standard InChI is InChI=1S/C9H14ClN3O2/c1-6-7(9(10)13(2)12-6)5-11-4-3-8(14)15/h11H,3-5H2,1-2H3,(H,14,15). The number of aromatic nitrogens is 2. The lowest BCUT2D eigenvalue weighted by atomic mass is 10.2. The average Bonchev–Trinajstić information content (AvgIpc) is 2.37. The Labute approximate surface area is 93.0 Å². The van der Waals surface area contributed by atoms with Crippen molar-refractivity contribution < 1.29 is 9.90 Å². The van der Waals surface area contributed by atoms with E-state index >= 15 is 0 Å². The lowest BCUT2D eigenvalue weighted by Gasteiger charge is -2.02. The molecule has 1 heterocycles. The van der Waals surface area contributed by atoms with Crippen LogP contribution in [0.3, 0.4) is 0 Å². The molecule has 2 N–H and O–H groups in total. The highest BCUT2D eigenvalue weighted by molar-refractivity contribution is 6.30. The molecule has 0 saturated carbocycles. The fourth-order valence-corrected chi connectivity index (χ4v) is 1.52. The second-order valence-corrected chi connectivity index (χ2v) is 3.66. The molecule has 0 radical (unpaired) electrons. The van der Waals surface area contributed by atoms with Gasteiger partial charge in [0.15, 0.2) is 0 Å². The molecule has 5 nitrogen and oxygen atoms in total. The van der Waals surface area contributed by atoms with Gasteiger partial charge in [-0.2, -0.15) is 5.10 Å². The Balaban J connectivity index is 2.47. The molecule has 1 aromatic heterocycles. The first-order chi connectivity index (χ1) is 7.02. The summed E-state index contributed by atoms with van der Waals surface area (Å²) >= 11 is 6.00. The summed E-state index contributed by atoms with van der Waals surface area (Å²) in [6, 6.07) is 0. The Morgan fingerprint density at radius 3 is 2.80 bits per heavy atom. The van der Waals surface area contributed by atoms with Crippen LogP contribution in [0.5, 0.6) is 0 Å². The van der Waals surface area contributed by atoms with Crippen molar-refractivity contribution in [3.8, 4) is 0 Å².